The fourth-order valence-corrected chi connectivity index (χ4v) is 2.26. The quantitative estimate of drug-likeness (QED) is 0.698. The summed E-state index contributed by atoms with van der Waals surface area (Å²) in [5.74, 6) is -2.14. The molecule has 20 heavy (non-hydrogen) atoms. The van der Waals surface area contributed by atoms with Crippen molar-refractivity contribution in [3.05, 3.63) is 0 Å². The normalized spacial score (nSPS) is 17.9. The number of likely N-dealkylation sites (tertiary alicyclic amines) is 1. The van der Waals surface area contributed by atoms with Crippen LogP contribution in [-0.4, -0.2) is 52.2 Å². The SMILES string of the molecule is CC(C)CC(NC(=O)N1CCC(C(=O)O)CC1)C(=O)O. The van der Waals surface area contributed by atoms with Crippen LogP contribution in [0.4, 0.5) is 4.79 Å². The number of nitrogens with zero attached hydrogens (tertiary/aromatic N) is 1. The lowest BCUT2D eigenvalue weighted by Crippen LogP contribution is -2.51. The van der Waals surface area contributed by atoms with E-state index in [2.05, 4.69) is 5.32 Å². The van der Waals surface area contributed by atoms with Gasteiger partial charge in [-0.3, -0.25) is 4.79 Å². The summed E-state index contributed by atoms with van der Waals surface area (Å²) < 4.78 is 0. The Kier molecular flexibility index (Phi) is 5.79. The maximum absolute atomic E-state index is 12.0. The van der Waals surface area contributed by atoms with Crippen LogP contribution in [0.25, 0.3) is 0 Å². The van der Waals surface area contributed by atoms with Gasteiger partial charge in [0.15, 0.2) is 0 Å². The number of aliphatic carboxylic acids is 2. The number of carboxylic acid groups (broad SMARTS) is 2. The first-order valence-corrected chi connectivity index (χ1v) is 6.82. The predicted octanol–water partition coefficient (Wildman–Crippen LogP) is 0.992. The lowest BCUT2D eigenvalue weighted by atomic mass is 9.97. The third kappa shape index (κ3) is 4.71. The molecule has 7 heteroatoms. The van der Waals surface area contributed by atoms with Crippen molar-refractivity contribution >= 4 is 18.0 Å². The van der Waals surface area contributed by atoms with E-state index in [-0.39, 0.29) is 5.92 Å². The minimum Gasteiger partial charge on any atom is -0.481 e. The van der Waals surface area contributed by atoms with Gasteiger partial charge >= 0.3 is 18.0 Å². The van der Waals surface area contributed by atoms with E-state index in [1.165, 1.54) is 4.90 Å². The van der Waals surface area contributed by atoms with Gasteiger partial charge in [-0.05, 0) is 25.2 Å². The zero-order valence-corrected chi connectivity index (χ0v) is 11.8. The molecular formula is C13H22N2O5. The van der Waals surface area contributed by atoms with Crippen LogP contribution in [0, 0.1) is 11.8 Å². The van der Waals surface area contributed by atoms with Gasteiger partial charge in [-0.1, -0.05) is 13.8 Å². The molecular weight excluding hydrogens is 264 g/mol. The maximum Gasteiger partial charge on any atom is 0.326 e. The number of nitrogens with one attached hydrogen (secondary N) is 1. The molecule has 1 saturated heterocycles. The first-order valence-electron chi connectivity index (χ1n) is 6.82. The van der Waals surface area contributed by atoms with Crippen molar-refractivity contribution in [1.29, 1.82) is 0 Å². The molecule has 0 bridgehead atoms. The van der Waals surface area contributed by atoms with Gasteiger partial charge in [-0.15, -0.1) is 0 Å². The highest BCUT2D eigenvalue weighted by Crippen LogP contribution is 2.17. The second kappa shape index (κ2) is 7.12. The molecule has 0 aromatic rings. The highest BCUT2D eigenvalue weighted by molar-refractivity contribution is 5.82. The Balaban J connectivity index is 2.50. The van der Waals surface area contributed by atoms with Gasteiger partial charge in [-0.25, -0.2) is 9.59 Å². The Hall–Kier alpha value is -1.79. The van der Waals surface area contributed by atoms with Gasteiger partial charge < -0.3 is 20.4 Å². The largest absolute Gasteiger partial charge is 0.481 e. The van der Waals surface area contributed by atoms with E-state index in [4.69, 9.17) is 10.2 Å². The summed E-state index contributed by atoms with van der Waals surface area (Å²) in [4.78, 5) is 35.4. The molecule has 0 radical (unpaired) electrons. The molecule has 0 aromatic heterocycles. The van der Waals surface area contributed by atoms with E-state index in [1.807, 2.05) is 13.8 Å². The minimum atomic E-state index is -1.05. The van der Waals surface area contributed by atoms with E-state index >= 15 is 0 Å². The van der Waals surface area contributed by atoms with Crippen LogP contribution in [0.15, 0.2) is 0 Å². The zero-order valence-electron chi connectivity index (χ0n) is 11.8. The van der Waals surface area contributed by atoms with Gasteiger partial charge in [0.2, 0.25) is 0 Å². The van der Waals surface area contributed by atoms with Crippen LogP contribution < -0.4 is 5.32 Å². The summed E-state index contributed by atoms with van der Waals surface area (Å²) in [6.07, 6.45) is 1.18. The Morgan fingerprint density at radius 3 is 2.15 bits per heavy atom. The smallest absolute Gasteiger partial charge is 0.326 e. The molecule has 1 aliphatic heterocycles. The number of hydrogen-bond acceptors (Lipinski definition) is 3. The standard InChI is InChI=1S/C13H22N2O5/c1-8(2)7-10(12(18)19)14-13(20)15-5-3-9(4-6-15)11(16)17/h8-10H,3-7H2,1-2H3,(H,14,20)(H,16,17)(H,18,19). The number of rotatable bonds is 5. The van der Waals surface area contributed by atoms with Crippen molar-refractivity contribution in [1.82, 2.24) is 10.2 Å². The van der Waals surface area contributed by atoms with Gasteiger partial charge in [0.25, 0.3) is 0 Å². The number of amides is 2. The van der Waals surface area contributed by atoms with Gasteiger partial charge in [-0.2, -0.15) is 0 Å². The van der Waals surface area contributed by atoms with E-state index in [0.717, 1.165) is 0 Å². The van der Waals surface area contributed by atoms with Crippen molar-refractivity contribution in [2.45, 2.75) is 39.2 Å². The van der Waals surface area contributed by atoms with Gasteiger partial charge in [0.05, 0.1) is 5.92 Å². The van der Waals surface area contributed by atoms with Crippen LogP contribution in [0.2, 0.25) is 0 Å². The molecule has 1 atom stereocenters. The third-order valence-electron chi connectivity index (χ3n) is 3.43. The Morgan fingerprint density at radius 2 is 1.75 bits per heavy atom. The lowest BCUT2D eigenvalue weighted by molar-refractivity contribution is -0.143. The molecule has 114 valence electrons. The van der Waals surface area contributed by atoms with Gasteiger partial charge in [0.1, 0.15) is 6.04 Å². The fraction of sp³-hybridized carbons (Fsp3) is 0.769. The van der Waals surface area contributed by atoms with Crippen molar-refractivity contribution in [2.75, 3.05) is 13.1 Å². The summed E-state index contributed by atoms with van der Waals surface area (Å²) in [5, 5.41) is 20.5. The summed E-state index contributed by atoms with van der Waals surface area (Å²) in [6, 6.07) is -1.33. The van der Waals surface area contributed by atoms with E-state index < -0.39 is 29.9 Å². The van der Waals surface area contributed by atoms with Crippen molar-refractivity contribution in [2.24, 2.45) is 11.8 Å². The third-order valence-corrected chi connectivity index (χ3v) is 3.43. The van der Waals surface area contributed by atoms with Crippen LogP contribution in [-0.2, 0) is 9.59 Å². The number of urea groups is 1. The highest BCUT2D eigenvalue weighted by Gasteiger charge is 2.29. The average Bonchev–Trinajstić information content (AvgIpc) is 2.37. The monoisotopic (exact) mass is 286 g/mol. The summed E-state index contributed by atoms with van der Waals surface area (Å²) in [7, 11) is 0. The molecule has 0 aliphatic carbocycles. The molecule has 2 amide bonds. The van der Waals surface area contributed by atoms with E-state index in [1.54, 1.807) is 0 Å². The number of piperidine rings is 1. The summed E-state index contributed by atoms with van der Waals surface area (Å²) >= 11 is 0. The molecule has 1 fully saturated rings. The number of hydrogen-bond donors (Lipinski definition) is 3. The Labute approximate surface area is 117 Å². The summed E-state index contributed by atoms with van der Waals surface area (Å²) in [5.41, 5.74) is 0. The lowest BCUT2D eigenvalue weighted by Gasteiger charge is -2.31. The highest BCUT2D eigenvalue weighted by atomic mass is 16.4. The minimum absolute atomic E-state index is 0.161. The fourth-order valence-electron chi connectivity index (χ4n) is 2.26. The molecule has 3 N–H and O–H groups in total. The van der Waals surface area contributed by atoms with Crippen LogP contribution >= 0.6 is 0 Å². The first kappa shape index (κ1) is 16.3. The topological polar surface area (TPSA) is 107 Å². The van der Waals surface area contributed by atoms with Crippen molar-refractivity contribution < 1.29 is 24.6 Å². The van der Waals surface area contributed by atoms with Crippen molar-refractivity contribution in [3.63, 3.8) is 0 Å². The first-order chi connectivity index (χ1) is 9.31. The molecule has 0 spiro atoms. The molecule has 0 saturated carbocycles. The Bertz CT molecular complexity index is 375. The molecule has 1 unspecified atom stereocenters. The number of carboxylic acids is 2. The number of carbonyl (C=O) groups excluding carboxylic acids is 1. The maximum atomic E-state index is 12.0. The molecule has 1 aliphatic rings. The average molecular weight is 286 g/mol. The predicted molar refractivity (Wildman–Crippen MR) is 71.3 cm³/mol. The van der Waals surface area contributed by atoms with Crippen LogP contribution in [0.5, 0.6) is 0 Å². The van der Waals surface area contributed by atoms with E-state index in [0.29, 0.717) is 32.4 Å². The molecule has 7 nitrogen and oxygen atoms in total. The van der Waals surface area contributed by atoms with Crippen LogP contribution in [0.1, 0.15) is 33.1 Å². The second-order valence-electron chi connectivity index (χ2n) is 5.57. The Morgan fingerprint density at radius 1 is 1.20 bits per heavy atom. The van der Waals surface area contributed by atoms with Gasteiger partial charge in [0, 0.05) is 13.1 Å². The second-order valence-corrected chi connectivity index (χ2v) is 5.57. The molecule has 1 heterocycles. The number of carbonyl (C=O) groups is 3. The van der Waals surface area contributed by atoms with Crippen LogP contribution in [0.3, 0.4) is 0 Å². The summed E-state index contributed by atoms with van der Waals surface area (Å²) in [6.45, 7) is 4.47. The molecule has 1 rings (SSSR count). The zero-order chi connectivity index (χ0) is 15.3. The van der Waals surface area contributed by atoms with Crippen molar-refractivity contribution in [3.8, 4) is 0 Å². The van der Waals surface area contributed by atoms with E-state index in [9.17, 15) is 14.4 Å². The molecule has 0 aromatic carbocycles.